The van der Waals surface area contributed by atoms with E-state index in [2.05, 4.69) is 28.9 Å². The minimum Gasteiger partial charge on any atom is -0.350 e. The zero-order chi connectivity index (χ0) is 11.5. The van der Waals surface area contributed by atoms with E-state index >= 15 is 0 Å². The molecule has 0 spiro atoms. The molecule has 2 fully saturated rings. The average molecular weight is 233 g/mol. The van der Waals surface area contributed by atoms with E-state index in [1.54, 1.807) is 0 Å². The van der Waals surface area contributed by atoms with Gasteiger partial charge in [-0.05, 0) is 25.7 Å². The summed E-state index contributed by atoms with van der Waals surface area (Å²) in [7, 11) is 0. The first-order valence-corrected chi connectivity index (χ1v) is 7.52. The van der Waals surface area contributed by atoms with Gasteiger partial charge in [0, 0.05) is 24.5 Å². The van der Waals surface area contributed by atoms with Crippen LogP contribution in [0.2, 0.25) is 0 Å². The van der Waals surface area contributed by atoms with Crippen LogP contribution in [0, 0.1) is 6.67 Å². The topological polar surface area (TPSA) is 6.48 Å². The third kappa shape index (κ3) is 2.61. The zero-order valence-corrected chi connectivity index (χ0v) is 10.9. The van der Waals surface area contributed by atoms with Crippen molar-refractivity contribution >= 4 is 0 Å². The number of hydrogen-bond acceptors (Lipinski definition) is 2. The van der Waals surface area contributed by atoms with Crippen molar-refractivity contribution in [1.82, 2.24) is 9.80 Å². The first-order valence-electron chi connectivity index (χ1n) is 7.52. The van der Waals surface area contributed by atoms with Crippen LogP contribution in [-0.2, 0) is 0 Å². The lowest BCUT2D eigenvalue weighted by Crippen LogP contribution is -2.35. The minimum atomic E-state index is 0.786. The molecule has 0 saturated heterocycles. The molecule has 0 aromatic carbocycles. The molecule has 0 aromatic heterocycles. The van der Waals surface area contributed by atoms with Crippen molar-refractivity contribution in [1.29, 1.82) is 0 Å². The van der Waals surface area contributed by atoms with Crippen LogP contribution in [0.4, 0.5) is 0 Å². The summed E-state index contributed by atoms with van der Waals surface area (Å²) in [6, 6.07) is 1.57. The summed E-state index contributed by atoms with van der Waals surface area (Å²) in [4.78, 5) is 4.96. The van der Waals surface area contributed by atoms with Crippen molar-refractivity contribution in [2.75, 3.05) is 0 Å². The minimum absolute atomic E-state index is 0.786. The normalized spacial score (nSPS) is 28.0. The van der Waals surface area contributed by atoms with Gasteiger partial charge in [-0.25, -0.2) is 0 Å². The molecule has 0 unspecified atom stereocenters. The molecule has 17 heavy (non-hydrogen) atoms. The van der Waals surface area contributed by atoms with Gasteiger partial charge in [0.25, 0.3) is 0 Å². The SMILES string of the molecule is [CH]1N(C2CCCCC2)C=CN1C1CCCCC1. The number of nitrogens with zero attached hydrogens (tertiary/aromatic N) is 2. The molecule has 1 aliphatic heterocycles. The summed E-state index contributed by atoms with van der Waals surface area (Å²) in [5.74, 6) is 0. The third-order valence-electron chi connectivity index (χ3n) is 4.67. The van der Waals surface area contributed by atoms with Crippen molar-refractivity contribution in [3.05, 3.63) is 19.1 Å². The summed E-state index contributed by atoms with van der Waals surface area (Å²) in [6.07, 6.45) is 18.8. The van der Waals surface area contributed by atoms with Crippen LogP contribution in [0.3, 0.4) is 0 Å². The first-order chi connectivity index (χ1) is 8.43. The van der Waals surface area contributed by atoms with E-state index in [-0.39, 0.29) is 0 Å². The Morgan fingerprint density at radius 3 is 1.41 bits per heavy atom. The van der Waals surface area contributed by atoms with Crippen LogP contribution in [0.25, 0.3) is 0 Å². The lowest BCUT2D eigenvalue weighted by molar-refractivity contribution is 0.184. The standard InChI is InChI=1S/C15H25N2/c1-3-7-14(8-4-1)16-11-12-17(13-16)15-9-5-2-6-10-15/h11-15H,1-10H2. The van der Waals surface area contributed by atoms with Crippen LogP contribution >= 0.6 is 0 Å². The fourth-order valence-electron chi connectivity index (χ4n) is 3.58. The summed E-state index contributed by atoms with van der Waals surface area (Å²) < 4.78 is 0. The summed E-state index contributed by atoms with van der Waals surface area (Å²) in [6.45, 7) is 2.38. The Balaban J connectivity index is 1.52. The quantitative estimate of drug-likeness (QED) is 0.714. The molecule has 2 aliphatic carbocycles. The Labute approximate surface area is 106 Å². The molecule has 95 valence electrons. The van der Waals surface area contributed by atoms with E-state index in [9.17, 15) is 0 Å². The van der Waals surface area contributed by atoms with Crippen molar-refractivity contribution in [3.8, 4) is 0 Å². The average Bonchev–Trinajstić information content (AvgIpc) is 2.90. The second-order valence-corrected chi connectivity index (χ2v) is 5.89. The van der Waals surface area contributed by atoms with Crippen molar-refractivity contribution in [2.45, 2.75) is 76.3 Å². The maximum absolute atomic E-state index is 2.48. The van der Waals surface area contributed by atoms with Crippen LogP contribution in [0.1, 0.15) is 64.2 Å². The van der Waals surface area contributed by atoms with Gasteiger partial charge in [0.2, 0.25) is 0 Å². The fraction of sp³-hybridized carbons (Fsp3) is 0.800. The van der Waals surface area contributed by atoms with Gasteiger partial charge in [0.1, 0.15) is 6.67 Å². The molecule has 1 radical (unpaired) electrons. The van der Waals surface area contributed by atoms with Gasteiger partial charge in [-0.1, -0.05) is 38.5 Å². The van der Waals surface area contributed by atoms with Gasteiger partial charge in [0.15, 0.2) is 0 Å². The molecule has 2 saturated carbocycles. The summed E-state index contributed by atoms with van der Waals surface area (Å²) >= 11 is 0. The molecule has 2 heteroatoms. The highest BCUT2D eigenvalue weighted by Crippen LogP contribution is 2.31. The highest BCUT2D eigenvalue weighted by atomic mass is 15.4. The van der Waals surface area contributed by atoms with Crippen LogP contribution in [0.15, 0.2) is 12.4 Å². The van der Waals surface area contributed by atoms with E-state index in [0.29, 0.717) is 0 Å². The van der Waals surface area contributed by atoms with Crippen molar-refractivity contribution in [2.24, 2.45) is 0 Å². The molecule has 0 amide bonds. The second kappa shape index (κ2) is 5.32. The highest BCUT2D eigenvalue weighted by molar-refractivity contribution is 5.03. The van der Waals surface area contributed by atoms with Gasteiger partial charge in [-0.3, -0.25) is 0 Å². The van der Waals surface area contributed by atoms with Crippen LogP contribution in [0.5, 0.6) is 0 Å². The van der Waals surface area contributed by atoms with Crippen LogP contribution in [-0.4, -0.2) is 21.9 Å². The largest absolute Gasteiger partial charge is 0.350 e. The lowest BCUT2D eigenvalue weighted by atomic mass is 9.94. The van der Waals surface area contributed by atoms with E-state index in [1.807, 2.05) is 0 Å². The van der Waals surface area contributed by atoms with Gasteiger partial charge < -0.3 is 9.80 Å². The van der Waals surface area contributed by atoms with Gasteiger partial charge >= 0.3 is 0 Å². The molecule has 2 nitrogen and oxygen atoms in total. The Bertz CT molecular complexity index is 236. The number of hydrogen-bond donors (Lipinski definition) is 0. The van der Waals surface area contributed by atoms with Gasteiger partial charge in [-0.15, -0.1) is 0 Å². The van der Waals surface area contributed by atoms with Crippen molar-refractivity contribution < 1.29 is 0 Å². The monoisotopic (exact) mass is 233 g/mol. The lowest BCUT2D eigenvalue weighted by Gasteiger charge is -2.35. The molecule has 0 aromatic rings. The predicted octanol–water partition coefficient (Wildman–Crippen LogP) is 3.86. The Hall–Kier alpha value is -0.660. The Kier molecular flexibility index (Phi) is 3.58. The predicted molar refractivity (Wildman–Crippen MR) is 70.9 cm³/mol. The fourth-order valence-corrected chi connectivity index (χ4v) is 3.58. The first kappa shape index (κ1) is 11.4. The maximum atomic E-state index is 2.48. The molecule has 1 heterocycles. The zero-order valence-electron chi connectivity index (χ0n) is 10.9. The molecular weight excluding hydrogens is 208 g/mol. The van der Waals surface area contributed by atoms with E-state index in [1.165, 1.54) is 64.2 Å². The summed E-state index contributed by atoms with van der Waals surface area (Å²) in [5, 5.41) is 0. The third-order valence-corrected chi connectivity index (χ3v) is 4.67. The van der Waals surface area contributed by atoms with E-state index in [4.69, 9.17) is 0 Å². The molecule has 0 atom stereocenters. The maximum Gasteiger partial charge on any atom is 0.141 e. The molecule has 3 aliphatic rings. The van der Waals surface area contributed by atoms with Crippen molar-refractivity contribution in [3.63, 3.8) is 0 Å². The summed E-state index contributed by atoms with van der Waals surface area (Å²) in [5.41, 5.74) is 0. The van der Waals surface area contributed by atoms with E-state index in [0.717, 1.165) is 12.1 Å². The molecule has 0 bridgehead atoms. The second-order valence-electron chi connectivity index (χ2n) is 5.89. The smallest absolute Gasteiger partial charge is 0.141 e. The molecule has 3 rings (SSSR count). The Morgan fingerprint density at radius 1 is 0.588 bits per heavy atom. The van der Waals surface area contributed by atoms with Gasteiger partial charge in [-0.2, -0.15) is 0 Å². The Morgan fingerprint density at radius 2 is 1.00 bits per heavy atom. The molecule has 0 N–H and O–H groups in total. The van der Waals surface area contributed by atoms with Crippen LogP contribution < -0.4 is 0 Å². The van der Waals surface area contributed by atoms with Gasteiger partial charge in [0.05, 0.1) is 0 Å². The number of rotatable bonds is 2. The highest BCUT2D eigenvalue weighted by Gasteiger charge is 2.27. The van der Waals surface area contributed by atoms with E-state index < -0.39 is 0 Å². The molecular formula is C15H25N2.